The molecular weight excluding hydrogens is 226 g/mol. The molecule has 0 radical (unpaired) electrons. The standard InChI is InChI=1S/C15H19NO2/c17-10-2-5-13-3-1-4-14(11-13)12-16-8-6-15(18)7-9-16/h1,3-4,11,15,17-18H,6-10,12H2. The quantitative estimate of drug-likeness (QED) is 0.764. The molecule has 0 spiro atoms. The summed E-state index contributed by atoms with van der Waals surface area (Å²) < 4.78 is 0. The first-order chi connectivity index (χ1) is 8.78. The van der Waals surface area contributed by atoms with Crippen LogP contribution in [0.1, 0.15) is 24.0 Å². The number of hydrogen-bond acceptors (Lipinski definition) is 3. The van der Waals surface area contributed by atoms with Crippen LogP contribution in [0.25, 0.3) is 0 Å². The Balaban J connectivity index is 1.96. The highest BCUT2D eigenvalue weighted by molar-refractivity contribution is 5.37. The van der Waals surface area contributed by atoms with Crippen molar-refractivity contribution in [2.45, 2.75) is 25.5 Å². The molecule has 96 valence electrons. The van der Waals surface area contributed by atoms with E-state index in [1.165, 1.54) is 5.56 Å². The third-order valence-corrected chi connectivity index (χ3v) is 3.20. The maximum absolute atomic E-state index is 9.47. The molecule has 0 unspecified atom stereocenters. The Hall–Kier alpha value is -1.34. The largest absolute Gasteiger partial charge is 0.393 e. The van der Waals surface area contributed by atoms with Gasteiger partial charge in [-0.1, -0.05) is 24.0 Å². The van der Waals surface area contributed by atoms with Crippen LogP contribution in [0.15, 0.2) is 24.3 Å². The first kappa shape index (κ1) is 13.1. The van der Waals surface area contributed by atoms with Gasteiger partial charge in [0, 0.05) is 25.2 Å². The van der Waals surface area contributed by atoms with Gasteiger partial charge in [-0.15, -0.1) is 0 Å². The van der Waals surface area contributed by atoms with E-state index in [1.807, 2.05) is 12.1 Å². The van der Waals surface area contributed by atoms with Gasteiger partial charge in [0.1, 0.15) is 6.61 Å². The van der Waals surface area contributed by atoms with Gasteiger partial charge in [0.15, 0.2) is 0 Å². The van der Waals surface area contributed by atoms with Gasteiger partial charge in [-0.3, -0.25) is 4.90 Å². The normalized spacial score (nSPS) is 17.2. The number of aliphatic hydroxyl groups is 2. The van der Waals surface area contributed by atoms with Gasteiger partial charge in [-0.2, -0.15) is 0 Å². The average Bonchev–Trinajstić information content (AvgIpc) is 2.40. The van der Waals surface area contributed by atoms with Crippen molar-refractivity contribution >= 4 is 0 Å². The summed E-state index contributed by atoms with van der Waals surface area (Å²) in [7, 11) is 0. The molecule has 1 aromatic carbocycles. The van der Waals surface area contributed by atoms with Gasteiger partial charge in [0.25, 0.3) is 0 Å². The fourth-order valence-corrected chi connectivity index (χ4v) is 2.22. The van der Waals surface area contributed by atoms with Gasteiger partial charge < -0.3 is 10.2 Å². The topological polar surface area (TPSA) is 43.7 Å². The summed E-state index contributed by atoms with van der Waals surface area (Å²) in [6, 6.07) is 8.10. The van der Waals surface area contributed by atoms with Gasteiger partial charge in [-0.25, -0.2) is 0 Å². The van der Waals surface area contributed by atoms with Crippen LogP contribution in [-0.4, -0.2) is 40.9 Å². The zero-order valence-corrected chi connectivity index (χ0v) is 10.5. The molecule has 0 aromatic heterocycles. The van der Waals surface area contributed by atoms with Crippen molar-refractivity contribution in [3.05, 3.63) is 35.4 Å². The zero-order valence-electron chi connectivity index (χ0n) is 10.5. The molecule has 1 saturated heterocycles. The molecule has 0 bridgehead atoms. The predicted octanol–water partition coefficient (Wildman–Crippen LogP) is 0.987. The molecular formula is C15H19NO2. The van der Waals surface area contributed by atoms with Gasteiger partial charge in [0.05, 0.1) is 6.10 Å². The Morgan fingerprint density at radius 3 is 2.78 bits per heavy atom. The summed E-state index contributed by atoms with van der Waals surface area (Å²) in [5, 5.41) is 18.1. The fraction of sp³-hybridized carbons (Fsp3) is 0.467. The Bertz CT molecular complexity index is 439. The zero-order chi connectivity index (χ0) is 12.8. The number of likely N-dealkylation sites (tertiary alicyclic amines) is 1. The summed E-state index contributed by atoms with van der Waals surface area (Å²) in [6.07, 6.45) is 1.61. The van der Waals surface area contributed by atoms with Crippen molar-refractivity contribution in [2.75, 3.05) is 19.7 Å². The van der Waals surface area contributed by atoms with E-state index in [-0.39, 0.29) is 12.7 Å². The van der Waals surface area contributed by atoms with Gasteiger partial charge in [0.2, 0.25) is 0 Å². The van der Waals surface area contributed by atoms with Crippen LogP contribution in [0.3, 0.4) is 0 Å². The molecule has 1 aromatic rings. The lowest BCUT2D eigenvalue weighted by atomic mass is 10.1. The molecule has 0 atom stereocenters. The molecule has 3 nitrogen and oxygen atoms in total. The van der Waals surface area contributed by atoms with E-state index in [1.54, 1.807) is 0 Å². The Kier molecular flexibility index (Phi) is 4.77. The SMILES string of the molecule is OCC#Cc1cccc(CN2CCC(O)CC2)c1. The van der Waals surface area contributed by atoms with Crippen molar-refractivity contribution in [2.24, 2.45) is 0 Å². The van der Waals surface area contributed by atoms with Crippen LogP contribution in [0.5, 0.6) is 0 Å². The van der Waals surface area contributed by atoms with Gasteiger partial charge >= 0.3 is 0 Å². The molecule has 3 heteroatoms. The number of piperidine rings is 1. The molecule has 1 fully saturated rings. The molecule has 0 saturated carbocycles. The number of rotatable bonds is 2. The second-order valence-corrected chi connectivity index (χ2v) is 4.67. The lowest BCUT2D eigenvalue weighted by Crippen LogP contribution is -2.35. The molecule has 1 heterocycles. The highest BCUT2D eigenvalue weighted by atomic mass is 16.3. The van der Waals surface area contributed by atoms with Crippen LogP contribution in [0.2, 0.25) is 0 Å². The Morgan fingerprint density at radius 1 is 1.28 bits per heavy atom. The minimum absolute atomic E-state index is 0.103. The number of aliphatic hydroxyl groups excluding tert-OH is 2. The van der Waals surface area contributed by atoms with Crippen molar-refractivity contribution in [3.63, 3.8) is 0 Å². The molecule has 1 aliphatic heterocycles. The van der Waals surface area contributed by atoms with E-state index in [4.69, 9.17) is 5.11 Å². The van der Waals surface area contributed by atoms with Crippen LogP contribution >= 0.6 is 0 Å². The second-order valence-electron chi connectivity index (χ2n) is 4.67. The summed E-state index contributed by atoms with van der Waals surface area (Å²) in [5.74, 6) is 5.58. The molecule has 18 heavy (non-hydrogen) atoms. The minimum atomic E-state index is -0.122. The second kappa shape index (κ2) is 6.55. The van der Waals surface area contributed by atoms with Crippen molar-refractivity contribution < 1.29 is 10.2 Å². The predicted molar refractivity (Wildman–Crippen MR) is 70.9 cm³/mol. The average molecular weight is 245 g/mol. The Labute approximate surface area is 108 Å². The van der Waals surface area contributed by atoms with E-state index in [0.29, 0.717) is 0 Å². The summed E-state index contributed by atoms with van der Waals surface area (Å²) in [5.41, 5.74) is 2.18. The van der Waals surface area contributed by atoms with Crippen LogP contribution < -0.4 is 0 Å². The molecule has 0 amide bonds. The first-order valence-corrected chi connectivity index (χ1v) is 6.37. The summed E-state index contributed by atoms with van der Waals surface area (Å²) in [4.78, 5) is 2.35. The number of benzene rings is 1. The highest BCUT2D eigenvalue weighted by Gasteiger charge is 2.16. The van der Waals surface area contributed by atoms with Crippen LogP contribution in [-0.2, 0) is 6.54 Å². The minimum Gasteiger partial charge on any atom is -0.393 e. The van der Waals surface area contributed by atoms with Crippen molar-refractivity contribution in [1.82, 2.24) is 4.90 Å². The summed E-state index contributed by atoms with van der Waals surface area (Å²) >= 11 is 0. The Morgan fingerprint density at radius 2 is 2.06 bits per heavy atom. The smallest absolute Gasteiger partial charge is 0.104 e. The third-order valence-electron chi connectivity index (χ3n) is 3.20. The number of hydrogen-bond donors (Lipinski definition) is 2. The van der Waals surface area contributed by atoms with Crippen LogP contribution in [0, 0.1) is 11.8 Å². The summed E-state index contributed by atoms with van der Waals surface area (Å²) in [6.45, 7) is 2.71. The highest BCUT2D eigenvalue weighted by Crippen LogP contribution is 2.14. The number of nitrogens with zero attached hydrogens (tertiary/aromatic N) is 1. The maximum Gasteiger partial charge on any atom is 0.104 e. The van der Waals surface area contributed by atoms with E-state index < -0.39 is 0 Å². The molecule has 1 aliphatic rings. The van der Waals surface area contributed by atoms with E-state index in [9.17, 15) is 5.11 Å². The molecule has 2 N–H and O–H groups in total. The van der Waals surface area contributed by atoms with Gasteiger partial charge in [-0.05, 0) is 30.5 Å². The molecule has 2 rings (SSSR count). The van der Waals surface area contributed by atoms with E-state index in [2.05, 4.69) is 28.9 Å². The first-order valence-electron chi connectivity index (χ1n) is 6.37. The third kappa shape index (κ3) is 3.85. The van der Waals surface area contributed by atoms with Crippen molar-refractivity contribution in [1.29, 1.82) is 0 Å². The maximum atomic E-state index is 9.47. The molecule has 0 aliphatic carbocycles. The van der Waals surface area contributed by atoms with E-state index >= 15 is 0 Å². The fourth-order valence-electron chi connectivity index (χ4n) is 2.22. The van der Waals surface area contributed by atoms with E-state index in [0.717, 1.165) is 38.0 Å². The lowest BCUT2D eigenvalue weighted by molar-refractivity contribution is 0.0792. The van der Waals surface area contributed by atoms with Crippen molar-refractivity contribution in [3.8, 4) is 11.8 Å². The van der Waals surface area contributed by atoms with Crippen LogP contribution in [0.4, 0.5) is 0 Å². The lowest BCUT2D eigenvalue weighted by Gasteiger charge is -2.29. The monoisotopic (exact) mass is 245 g/mol.